The highest BCUT2D eigenvalue weighted by Crippen LogP contribution is 2.20. The van der Waals surface area contributed by atoms with Gasteiger partial charge in [0.25, 0.3) is 0 Å². The summed E-state index contributed by atoms with van der Waals surface area (Å²) in [5, 5.41) is 0. The van der Waals surface area contributed by atoms with Crippen molar-refractivity contribution in [3.05, 3.63) is 0 Å². The fourth-order valence-electron chi connectivity index (χ4n) is 1.29. The number of ketones is 2. The van der Waals surface area contributed by atoms with Crippen molar-refractivity contribution in [3.63, 3.8) is 0 Å². The lowest BCUT2D eigenvalue weighted by atomic mass is 9.86. The zero-order chi connectivity index (χ0) is 8.27. The van der Waals surface area contributed by atoms with Crippen LogP contribution in [0.1, 0.15) is 25.7 Å². The van der Waals surface area contributed by atoms with Crippen molar-refractivity contribution in [2.45, 2.75) is 25.7 Å². The largest absolute Gasteiger partial charge is 0.303 e. The van der Waals surface area contributed by atoms with Crippen molar-refractivity contribution in [1.82, 2.24) is 0 Å². The van der Waals surface area contributed by atoms with Gasteiger partial charge in [-0.2, -0.15) is 0 Å². The summed E-state index contributed by atoms with van der Waals surface area (Å²) in [5.74, 6) is -0.451. The van der Waals surface area contributed by atoms with E-state index >= 15 is 0 Å². The molecule has 3 nitrogen and oxygen atoms in total. The third-order valence-electron chi connectivity index (χ3n) is 1.99. The Morgan fingerprint density at radius 3 is 2.64 bits per heavy atom. The summed E-state index contributed by atoms with van der Waals surface area (Å²) in [6, 6.07) is 0. The summed E-state index contributed by atoms with van der Waals surface area (Å²) in [5.41, 5.74) is 0. The molecule has 1 rings (SSSR count). The molecule has 60 valence electrons. The van der Waals surface area contributed by atoms with Gasteiger partial charge in [-0.1, -0.05) is 0 Å². The normalized spacial score (nSPS) is 25.3. The van der Waals surface area contributed by atoms with Gasteiger partial charge in [0.1, 0.15) is 6.29 Å². The molecule has 3 heteroatoms. The minimum atomic E-state index is -0.303. The van der Waals surface area contributed by atoms with Crippen molar-refractivity contribution < 1.29 is 14.4 Å². The quantitative estimate of drug-likeness (QED) is 0.430. The minimum Gasteiger partial charge on any atom is -0.303 e. The predicted molar refractivity (Wildman–Crippen MR) is 38.0 cm³/mol. The van der Waals surface area contributed by atoms with Crippen LogP contribution in [0, 0.1) is 5.92 Å². The van der Waals surface area contributed by atoms with Gasteiger partial charge in [-0.25, -0.2) is 0 Å². The van der Waals surface area contributed by atoms with E-state index in [0.29, 0.717) is 19.3 Å². The second-order valence-electron chi connectivity index (χ2n) is 2.86. The maximum absolute atomic E-state index is 10.8. The van der Waals surface area contributed by atoms with Gasteiger partial charge < -0.3 is 4.79 Å². The van der Waals surface area contributed by atoms with Crippen LogP contribution in [0.4, 0.5) is 0 Å². The van der Waals surface area contributed by atoms with E-state index < -0.39 is 0 Å². The lowest BCUT2D eigenvalue weighted by molar-refractivity contribution is -0.139. The lowest BCUT2D eigenvalue weighted by Gasteiger charge is -2.16. The van der Waals surface area contributed by atoms with E-state index in [1.54, 1.807) is 0 Å². The molecule has 0 aromatic heterocycles. The molecule has 11 heavy (non-hydrogen) atoms. The van der Waals surface area contributed by atoms with Gasteiger partial charge in [0.2, 0.25) is 0 Å². The molecule has 0 amide bonds. The topological polar surface area (TPSA) is 51.2 Å². The molecule has 0 aliphatic heterocycles. The molecule has 0 N–H and O–H groups in total. The van der Waals surface area contributed by atoms with Gasteiger partial charge in [0.05, 0.1) is 0 Å². The fourth-order valence-corrected chi connectivity index (χ4v) is 1.29. The van der Waals surface area contributed by atoms with Crippen LogP contribution in [0.3, 0.4) is 0 Å². The number of carbonyl (C=O) groups is 3. The molecule has 0 spiro atoms. The first-order chi connectivity index (χ1) is 5.24. The Morgan fingerprint density at radius 1 is 1.36 bits per heavy atom. The van der Waals surface area contributed by atoms with Crippen LogP contribution in [0.25, 0.3) is 0 Å². The van der Waals surface area contributed by atoms with Gasteiger partial charge >= 0.3 is 0 Å². The van der Waals surface area contributed by atoms with E-state index in [1.165, 1.54) is 0 Å². The van der Waals surface area contributed by atoms with E-state index in [1.807, 2.05) is 0 Å². The van der Waals surface area contributed by atoms with Crippen LogP contribution < -0.4 is 0 Å². The second kappa shape index (κ2) is 3.42. The molecule has 1 atom stereocenters. The van der Waals surface area contributed by atoms with E-state index in [0.717, 1.165) is 6.29 Å². The SMILES string of the molecule is O=CCC1CCC(=O)C(=O)C1. The van der Waals surface area contributed by atoms with Crippen LogP contribution in [0.5, 0.6) is 0 Å². The molecule has 1 aliphatic rings. The highest BCUT2D eigenvalue weighted by atomic mass is 16.2. The van der Waals surface area contributed by atoms with Crippen molar-refractivity contribution >= 4 is 17.9 Å². The molecular weight excluding hydrogens is 144 g/mol. The lowest BCUT2D eigenvalue weighted by Crippen LogP contribution is -2.24. The van der Waals surface area contributed by atoms with Gasteiger partial charge in [0.15, 0.2) is 11.6 Å². The average Bonchev–Trinajstić information content (AvgIpc) is 1.98. The Balaban J connectivity index is 2.45. The summed E-state index contributed by atoms with van der Waals surface area (Å²) in [6.07, 6.45) is 2.53. The highest BCUT2D eigenvalue weighted by Gasteiger charge is 2.25. The molecule has 0 aromatic rings. The van der Waals surface area contributed by atoms with Gasteiger partial charge in [-0.05, 0) is 12.3 Å². The molecule has 0 aromatic carbocycles. The Hall–Kier alpha value is -0.990. The molecule has 1 fully saturated rings. The van der Waals surface area contributed by atoms with Crippen molar-refractivity contribution in [1.29, 1.82) is 0 Å². The molecule has 0 saturated heterocycles. The number of Topliss-reactive ketones (excluding diaryl/α,β-unsaturated/α-hetero) is 2. The maximum atomic E-state index is 10.8. The smallest absolute Gasteiger partial charge is 0.198 e. The predicted octanol–water partition coefficient (Wildman–Crippen LogP) is 0.514. The van der Waals surface area contributed by atoms with Crippen LogP contribution in [-0.4, -0.2) is 17.9 Å². The first-order valence-corrected chi connectivity index (χ1v) is 3.73. The molecule has 0 bridgehead atoms. The van der Waals surface area contributed by atoms with Crippen LogP contribution in [0.15, 0.2) is 0 Å². The highest BCUT2D eigenvalue weighted by molar-refractivity contribution is 6.37. The summed E-state index contributed by atoms with van der Waals surface area (Å²) < 4.78 is 0. The van der Waals surface area contributed by atoms with E-state index in [-0.39, 0.29) is 23.9 Å². The molecule has 0 radical (unpaired) electrons. The Kier molecular flexibility index (Phi) is 2.52. The third kappa shape index (κ3) is 1.97. The second-order valence-corrected chi connectivity index (χ2v) is 2.86. The number of aldehydes is 1. The molecule has 1 saturated carbocycles. The Morgan fingerprint density at radius 2 is 2.09 bits per heavy atom. The van der Waals surface area contributed by atoms with Gasteiger partial charge in [-0.15, -0.1) is 0 Å². The Labute approximate surface area is 64.8 Å². The van der Waals surface area contributed by atoms with Crippen LogP contribution in [-0.2, 0) is 14.4 Å². The van der Waals surface area contributed by atoms with Crippen molar-refractivity contribution in [3.8, 4) is 0 Å². The van der Waals surface area contributed by atoms with Gasteiger partial charge in [0, 0.05) is 19.3 Å². The molecule has 1 aliphatic carbocycles. The number of hydrogen-bond acceptors (Lipinski definition) is 3. The zero-order valence-electron chi connectivity index (χ0n) is 6.21. The maximum Gasteiger partial charge on any atom is 0.198 e. The summed E-state index contributed by atoms with van der Waals surface area (Å²) in [6.45, 7) is 0. The van der Waals surface area contributed by atoms with E-state index in [4.69, 9.17) is 0 Å². The van der Waals surface area contributed by atoms with E-state index in [9.17, 15) is 14.4 Å². The average molecular weight is 154 g/mol. The summed E-state index contributed by atoms with van der Waals surface area (Å²) in [7, 11) is 0. The molecule has 1 unspecified atom stereocenters. The van der Waals surface area contributed by atoms with E-state index in [2.05, 4.69) is 0 Å². The van der Waals surface area contributed by atoms with Gasteiger partial charge in [-0.3, -0.25) is 9.59 Å². The standard InChI is InChI=1S/C8H10O3/c9-4-3-6-1-2-7(10)8(11)5-6/h4,6H,1-3,5H2. The third-order valence-corrected chi connectivity index (χ3v) is 1.99. The number of hydrogen-bond donors (Lipinski definition) is 0. The molecule has 0 heterocycles. The number of carbonyl (C=O) groups excluding carboxylic acids is 3. The summed E-state index contributed by atoms with van der Waals surface area (Å²) >= 11 is 0. The minimum absolute atomic E-state index is 0.123. The van der Waals surface area contributed by atoms with Crippen LogP contribution in [0.2, 0.25) is 0 Å². The first-order valence-electron chi connectivity index (χ1n) is 3.73. The summed E-state index contributed by atoms with van der Waals surface area (Å²) in [4.78, 5) is 31.6. The zero-order valence-corrected chi connectivity index (χ0v) is 6.21. The van der Waals surface area contributed by atoms with Crippen molar-refractivity contribution in [2.75, 3.05) is 0 Å². The first kappa shape index (κ1) is 8.11. The Bertz CT molecular complexity index is 196. The number of rotatable bonds is 2. The molecular formula is C8H10O3. The fraction of sp³-hybridized carbons (Fsp3) is 0.625. The van der Waals surface area contributed by atoms with Crippen LogP contribution >= 0.6 is 0 Å². The van der Waals surface area contributed by atoms with Crippen molar-refractivity contribution in [2.24, 2.45) is 5.92 Å². The monoisotopic (exact) mass is 154 g/mol.